The minimum Gasteiger partial charge on any atom is -0.479 e. The molecule has 1 saturated heterocycles. The van der Waals surface area contributed by atoms with Crippen LogP contribution in [0.15, 0.2) is 10.9 Å². The summed E-state index contributed by atoms with van der Waals surface area (Å²) in [6.07, 6.45) is 0.870. The van der Waals surface area contributed by atoms with Crippen molar-refractivity contribution in [3.8, 4) is 0 Å². The van der Waals surface area contributed by atoms with Gasteiger partial charge in [0.25, 0.3) is 11.5 Å². The number of methoxy groups -OCH3 is 1. The van der Waals surface area contributed by atoms with Crippen LogP contribution in [0.3, 0.4) is 0 Å². The molecule has 7 heteroatoms. The predicted molar refractivity (Wildman–Crippen MR) is 79.1 cm³/mol. The molecule has 0 bridgehead atoms. The second-order valence-corrected chi connectivity index (χ2v) is 5.67. The summed E-state index contributed by atoms with van der Waals surface area (Å²) in [5.74, 6) is -1.67. The zero-order chi connectivity index (χ0) is 16.5. The van der Waals surface area contributed by atoms with Gasteiger partial charge in [-0.2, -0.15) is 0 Å². The van der Waals surface area contributed by atoms with Crippen LogP contribution in [0.25, 0.3) is 0 Å². The molecule has 2 rings (SSSR count). The van der Waals surface area contributed by atoms with Crippen molar-refractivity contribution in [2.24, 2.45) is 0 Å². The third kappa shape index (κ3) is 2.52. The molecular weight excluding hydrogens is 288 g/mol. The number of carboxylic acid groups (broad SMARTS) is 1. The normalized spacial score (nSPS) is 21.1. The van der Waals surface area contributed by atoms with Crippen LogP contribution in [0.1, 0.15) is 34.5 Å². The number of pyridine rings is 1. The van der Waals surface area contributed by atoms with E-state index in [4.69, 9.17) is 4.74 Å². The fraction of sp³-hybridized carbons (Fsp3) is 0.533. The Hall–Kier alpha value is -2.15. The van der Waals surface area contributed by atoms with Crippen LogP contribution in [-0.2, 0) is 9.53 Å². The Morgan fingerprint density at radius 2 is 2.14 bits per heavy atom. The first-order chi connectivity index (χ1) is 10.3. The van der Waals surface area contributed by atoms with Crippen LogP contribution in [0, 0.1) is 13.8 Å². The molecular formula is C15H20N2O5. The van der Waals surface area contributed by atoms with E-state index < -0.39 is 23.0 Å². The predicted octanol–water partition coefficient (Wildman–Crippen LogP) is 0.698. The Bertz CT molecular complexity index is 666. The van der Waals surface area contributed by atoms with Gasteiger partial charge in [0.05, 0.1) is 6.61 Å². The van der Waals surface area contributed by atoms with Gasteiger partial charge in [-0.05, 0) is 38.3 Å². The Labute approximate surface area is 127 Å². The van der Waals surface area contributed by atoms with E-state index in [1.54, 1.807) is 19.9 Å². The number of aryl methyl sites for hydroxylation is 2. The third-order valence-electron chi connectivity index (χ3n) is 4.09. The number of likely N-dealkylation sites (tertiary alicyclic amines) is 1. The summed E-state index contributed by atoms with van der Waals surface area (Å²) < 4.78 is 5.03. The number of carboxylic acids is 1. The van der Waals surface area contributed by atoms with E-state index in [2.05, 4.69) is 4.98 Å². The highest BCUT2D eigenvalue weighted by molar-refractivity contribution is 5.99. The van der Waals surface area contributed by atoms with E-state index in [-0.39, 0.29) is 12.2 Å². The first-order valence-corrected chi connectivity index (χ1v) is 7.08. The number of hydrogen-bond acceptors (Lipinski definition) is 4. The molecule has 1 amide bonds. The lowest BCUT2D eigenvalue weighted by Crippen LogP contribution is -2.56. The maximum absolute atomic E-state index is 12.8. The van der Waals surface area contributed by atoms with Crippen molar-refractivity contribution in [1.29, 1.82) is 0 Å². The second kappa shape index (κ2) is 5.92. The van der Waals surface area contributed by atoms with Crippen molar-refractivity contribution in [1.82, 2.24) is 9.88 Å². The minimum absolute atomic E-state index is 0.00534. The Kier molecular flexibility index (Phi) is 4.37. The molecule has 1 unspecified atom stereocenters. The van der Waals surface area contributed by atoms with E-state index in [1.165, 1.54) is 12.0 Å². The average Bonchev–Trinajstić information content (AvgIpc) is 2.82. The van der Waals surface area contributed by atoms with Crippen molar-refractivity contribution in [3.63, 3.8) is 0 Å². The minimum atomic E-state index is -1.41. The number of amides is 1. The van der Waals surface area contributed by atoms with Gasteiger partial charge in [-0.25, -0.2) is 4.79 Å². The van der Waals surface area contributed by atoms with Crippen LogP contribution in [0.4, 0.5) is 0 Å². The summed E-state index contributed by atoms with van der Waals surface area (Å²) in [6, 6.07) is 1.70. The zero-order valence-corrected chi connectivity index (χ0v) is 12.9. The topological polar surface area (TPSA) is 99.7 Å². The fourth-order valence-corrected chi connectivity index (χ4v) is 3.10. The molecule has 0 aromatic carbocycles. The number of hydrogen-bond donors (Lipinski definition) is 2. The van der Waals surface area contributed by atoms with Crippen LogP contribution >= 0.6 is 0 Å². The van der Waals surface area contributed by atoms with Crippen molar-refractivity contribution in [2.75, 3.05) is 20.3 Å². The summed E-state index contributed by atoms with van der Waals surface area (Å²) in [5, 5.41) is 9.58. The van der Waals surface area contributed by atoms with Gasteiger partial charge in [0.15, 0.2) is 5.54 Å². The Morgan fingerprint density at radius 3 is 2.68 bits per heavy atom. The lowest BCUT2D eigenvalue weighted by atomic mass is 9.96. The number of carbonyl (C=O) groups excluding carboxylic acids is 1. The first kappa shape index (κ1) is 16.2. The molecule has 0 radical (unpaired) electrons. The maximum Gasteiger partial charge on any atom is 0.332 e. The summed E-state index contributed by atoms with van der Waals surface area (Å²) in [4.78, 5) is 40.5. The number of nitrogens with one attached hydrogen (secondary N) is 1. The van der Waals surface area contributed by atoms with E-state index in [1.807, 2.05) is 0 Å². The van der Waals surface area contributed by atoms with Crippen LogP contribution in [0.2, 0.25) is 0 Å². The summed E-state index contributed by atoms with van der Waals surface area (Å²) in [5.41, 5.74) is -0.715. The molecule has 7 nitrogen and oxygen atoms in total. The monoisotopic (exact) mass is 308 g/mol. The van der Waals surface area contributed by atoms with Crippen molar-refractivity contribution >= 4 is 11.9 Å². The maximum atomic E-state index is 12.8. The van der Waals surface area contributed by atoms with Crippen LogP contribution < -0.4 is 5.56 Å². The number of carbonyl (C=O) groups is 2. The van der Waals surface area contributed by atoms with E-state index in [0.29, 0.717) is 30.6 Å². The molecule has 1 atom stereocenters. The molecule has 2 heterocycles. The van der Waals surface area contributed by atoms with E-state index in [0.717, 1.165) is 0 Å². The zero-order valence-electron chi connectivity index (χ0n) is 12.9. The molecule has 1 aromatic heterocycles. The highest BCUT2D eigenvalue weighted by Gasteiger charge is 2.50. The van der Waals surface area contributed by atoms with E-state index in [9.17, 15) is 19.5 Å². The van der Waals surface area contributed by atoms with Gasteiger partial charge in [-0.1, -0.05) is 0 Å². The van der Waals surface area contributed by atoms with Crippen molar-refractivity contribution in [2.45, 2.75) is 32.2 Å². The van der Waals surface area contributed by atoms with Gasteiger partial charge in [-0.3, -0.25) is 9.59 Å². The number of nitrogens with zero attached hydrogens (tertiary/aromatic N) is 1. The van der Waals surface area contributed by atoms with Crippen LogP contribution in [0.5, 0.6) is 0 Å². The van der Waals surface area contributed by atoms with E-state index >= 15 is 0 Å². The third-order valence-corrected chi connectivity index (χ3v) is 4.09. The second-order valence-electron chi connectivity index (χ2n) is 5.67. The van der Waals surface area contributed by atoms with Gasteiger partial charge in [0, 0.05) is 19.3 Å². The Morgan fingerprint density at radius 1 is 1.45 bits per heavy atom. The highest BCUT2D eigenvalue weighted by atomic mass is 16.5. The Balaban J connectivity index is 2.49. The highest BCUT2D eigenvalue weighted by Crippen LogP contribution is 2.31. The summed E-state index contributed by atoms with van der Waals surface area (Å²) in [7, 11) is 1.40. The average molecular weight is 308 g/mol. The summed E-state index contributed by atoms with van der Waals surface area (Å²) in [6.45, 7) is 3.59. The van der Waals surface area contributed by atoms with Gasteiger partial charge in [0.2, 0.25) is 0 Å². The number of aromatic nitrogens is 1. The fourth-order valence-electron chi connectivity index (χ4n) is 3.10. The molecule has 22 heavy (non-hydrogen) atoms. The summed E-state index contributed by atoms with van der Waals surface area (Å²) >= 11 is 0. The van der Waals surface area contributed by atoms with Gasteiger partial charge in [0.1, 0.15) is 5.56 Å². The SMILES string of the molecule is COCC1(C(=O)O)CCCN1C(=O)c1c(C)cc(C)[nH]c1=O. The lowest BCUT2D eigenvalue weighted by Gasteiger charge is -2.34. The molecule has 120 valence electrons. The first-order valence-electron chi connectivity index (χ1n) is 7.08. The number of ether oxygens (including phenoxy) is 1. The molecule has 1 aromatic rings. The number of rotatable bonds is 4. The molecule has 1 fully saturated rings. The number of aromatic amines is 1. The largest absolute Gasteiger partial charge is 0.479 e. The number of H-pyrrole nitrogens is 1. The van der Waals surface area contributed by atoms with Gasteiger partial charge < -0.3 is 19.7 Å². The standard InChI is InChI=1S/C15H20N2O5/c1-9-7-10(2)16-12(18)11(9)13(19)17-6-4-5-15(17,8-22-3)14(20)21/h7H,4-6,8H2,1-3H3,(H,16,18)(H,20,21). The number of aliphatic carboxylic acids is 1. The molecule has 2 N–H and O–H groups in total. The van der Waals surface area contributed by atoms with Crippen molar-refractivity contribution in [3.05, 3.63) is 33.2 Å². The molecule has 1 aliphatic rings. The van der Waals surface area contributed by atoms with Gasteiger partial charge in [-0.15, -0.1) is 0 Å². The van der Waals surface area contributed by atoms with Gasteiger partial charge >= 0.3 is 5.97 Å². The molecule has 1 aliphatic heterocycles. The molecule has 0 saturated carbocycles. The quantitative estimate of drug-likeness (QED) is 0.853. The van der Waals surface area contributed by atoms with Crippen LogP contribution in [-0.4, -0.2) is 52.7 Å². The van der Waals surface area contributed by atoms with Crippen molar-refractivity contribution < 1.29 is 19.4 Å². The smallest absolute Gasteiger partial charge is 0.332 e. The lowest BCUT2D eigenvalue weighted by molar-refractivity contribution is -0.151. The molecule has 0 aliphatic carbocycles. The molecule has 0 spiro atoms.